The third kappa shape index (κ3) is 2.40. The van der Waals surface area contributed by atoms with Gasteiger partial charge in [-0.25, -0.2) is 0 Å². The Labute approximate surface area is 96.3 Å². The van der Waals surface area contributed by atoms with E-state index in [0.29, 0.717) is 5.95 Å². The van der Waals surface area contributed by atoms with Crippen LogP contribution in [0.25, 0.3) is 0 Å². The van der Waals surface area contributed by atoms with Crippen LogP contribution in [0.3, 0.4) is 0 Å². The van der Waals surface area contributed by atoms with Crippen LogP contribution in [0, 0.1) is 12.8 Å². The zero-order valence-electron chi connectivity index (χ0n) is 10.2. The molecule has 0 radical (unpaired) electrons. The molecule has 5 nitrogen and oxygen atoms in total. The molecule has 0 amide bonds. The Morgan fingerprint density at radius 3 is 2.81 bits per heavy atom. The Balaban J connectivity index is 2.21. The number of nitrogens with zero attached hydrogens (tertiary/aromatic N) is 4. The van der Waals surface area contributed by atoms with Crippen LogP contribution in [-0.4, -0.2) is 35.1 Å². The van der Waals surface area contributed by atoms with Crippen molar-refractivity contribution < 1.29 is 0 Å². The lowest BCUT2D eigenvalue weighted by Crippen LogP contribution is -2.35. The van der Waals surface area contributed by atoms with Crippen molar-refractivity contribution in [3.8, 4) is 0 Å². The van der Waals surface area contributed by atoms with Crippen LogP contribution in [0.4, 0.5) is 11.9 Å². The predicted octanol–water partition coefficient (Wildman–Crippen LogP) is 1.46. The van der Waals surface area contributed by atoms with E-state index in [1.54, 1.807) is 0 Å². The minimum absolute atomic E-state index is 0.653. The second-order valence-corrected chi connectivity index (χ2v) is 4.45. The van der Waals surface area contributed by atoms with E-state index in [1.807, 2.05) is 14.0 Å². The topological polar surface area (TPSA) is 53.9 Å². The molecule has 16 heavy (non-hydrogen) atoms. The lowest BCUT2D eigenvalue weighted by molar-refractivity contribution is 0.441. The quantitative estimate of drug-likeness (QED) is 0.819. The lowest BCUT2D eigenvalue weighted by Gasteiger charge is -2.30. The van der Waals surface area contributed by atoms with Crippen molar-refractivity contribution in [1.82, 2.24) is 15.0 Å². The minimum atomic E-state index is 0.653. The first-order valence-electron chi connectivity index (χ1n) is 5.84. The Morgan fingerprint density at radius 2 is 2.12 bits per heavy atom. The molecule has 2 heterocycles. The summed E-state index contributed by atoms with van der Waals surface area (Å²) in [5, 5.41) is 2.97. The summed E-state index contributed by atoms with van der Waals surface area (Å²) in [4.78, 5) is 15.3. The minimum Gasteiger partial charge on any atom is -0.357 e. The van der Waals surface area contributed by atoms with Crippen LogP contribution in [0.1, 0.15) is 25.6 Å². The van der Waals surface area contributed by atoms with E-state index >= 15 is 0 Å². The molecule has 1 aromatic heterocycles. The van der Waals surface area contributed by atoms with Crippen molar-refractivity contribution in [1.29, 1.82) is 0 Å². The SMILES string of the molecule is CNc1nc(C)nc(N2CCCC(C)C2)n1. The summed E-state index contributed by atoms with van der Waals surface area (Å²) < 4.78 is 0. The zero-order chi connectivity index (χ0) is 11.5. The average Bonchev–Trinajstić information content (AvgIpc) is 2.28. The molecule has 1 saturated heterocycles. The second-order valence-electron chi connectivity index (χ2n) is 4.45. The van der Waals surface area contributed by atoms with E-state index in [-0.39, 0.29) is 0 Å². The number of rotatable bonds is 2. The molecule has 1 N–H and O–H groups in total. The van der Waals surface area contributed by atoms with Crippen LogP contribution >= 0.6 is 0 Å². The van der Waals surface area contributed by atoms with E-state index in [2.05, 4.69) is 32.1 Å². The summed E-state index contributed by atoms with van der Waals surface area (Å²) in [6, 6.07) is 0. The maximum absolute atomic E-state index is 4.40. The second kappa shape index (κ2) is 4.63. The van der Waals surface area contributed by atoms with Crippen molar-refractivity contribution in [2.75, 3.05) is 30.4 Å². The third-order valence-electron chi connectivity index (χ3n) is 2.90. The number of nitrogens with one attached hydrogen (secondary N) is 1. The van der Waals surface area contributed by atoms with Gasteiger partial charge in [0.25, 0.3) is 0 Å². The van der Waals surface area contributed by atoms with E-state index in [0.717, 1.165) is 30.8 Å². The van der Waals surface area contributed by atoms with E-state index < -0.39 is 0 Å². The van der Waals surface area contributed by atoms with Gasteiger partial charge >= 0.3 is 0 Å². The standard InChI is InChI=1S/C11H19N5/c1-8-5-4-6-16(7-8)11-14-9(2)13-10(12-3)15-11/h8H,4-7H2,1-3H3,(H,12,13,14,15). The largest absolute Gasteiger partial charge is 0.357 e. The molecular weight excluding hydrogens is 202 g/mol. The Bertz CT molecular complexity index is 365. The molecule has 0 bridgehead atoms. The summed E-state index contributed by atoms with van der Waals surface area (Å²) in [5.74, 6) is 2.96. The summed E-state index contributed by atoms with van der Waals surface area (Å²) in [6.07, 6.45) is 2.53. The van der Waals surface area contributed by atoms with Crippen LogP contribution in [0.2, 0.25) is 0 Å². The maximum Gasteiger partial charge on any atom is 0.230 e. The number of aryl methyl sites for hydroxylation is 1. The number of hydrogen-bond acceptors (Lipinski definition) is 5. The van der Waals surface area contributed by atoms with E-state index in [9.17, 15) is 0 Å². The van der Waals surface area contributed by atoms with Crippen LogP contribution in [0.15, 0.2) is 0 Å². The number of piperidine rings is 1. The normalized spacial score (nSPS) is 20.9. The first-order chi connectivity index (χ1) is 7.69. The molecule has 0 spiro atoms. The predicted molar refractivity (Wildman–Crippen MR) is 64.7 cm³/mol. The fraction of sp³-hybridized carbons (Fsp3) is 0.727. The Hall–Kier alpha value is -1.39. The van der Waals surface area contributed by atoms with Gasteiger partial charge < -0.3 is 10.2 Å². The van der Waals surface area contributed by atoms with Crippen molar-refractivity contribution in [2.24, 2.45) is 5.92 Å². The van der Waals surface area contributed by atoms with Crippen molar-refractivity contribution in [2.45, 2.75) is 26.7 Å². The van der Waals surface area contributed by atoms with Gasteiger partial charge in [0.2, 0.25) is 11.9 Å². The molecular formula is C11H19N5. The molecule has 1 aliphatic heterocycles. The Morgan fingerprint density at radius 1 is 1.31 bits per heavy atom. The first-order valence-corrected chi connectivity index (χ1v) is 5.84. The van der Waals surface area contributed by atoms with Gasteiger partial charge in [0.15, 0.2) is 0 Å². The summed E-state index contributed by atoms with van der Waals surface area (Å²) >= 11 is 0. The molecule has 1 aliphatic rings. The van der Waals surface area contributed by atoms with Crippen molar-refractivity contribution in [3.63, 3.8) is 0 Å². The average molecular weight is 221 g/mol. The number of anilines is 2. The fourth-order valence-corrected chi connectivity index (χ4v) is 2.09. The molecule has 1 aromatic rings. The molecule has 88 valence electrons. The highest BCUT2D eigenvalue weighted by molar-refractivity contribution is 5.37. The van der Waals surface area contributed by atoms with Crippen LogP contribution in [-0.2, 0) is 0 Å². The fourth-order valence-electron chi connectivity index (χ4n) is 2.09. The molecule has 0 saturated carbocycles. The summed E-state index contributed by atoms with van der Waals surface area (Å²) in [7, 11) is 1.83. The van der Waals surface area contributed by atoms with Gasteiger partial charge in [-0.1, -0.05) is 6.92 Å². The van der Waals surface area contributed by atoms with Crippen molar-refractivity contribution >= 4 is 11.9 Å². The van der Waals surface area contributed by atoms with Gasteiger partial charge in [0.1, 0.15) is 5.82 Å². The van der Waals surface area contributed by atoms with Crippen LogP contribution in [0.5, 0.6) is 0 Å². The zero-order valence-corrected chi connectivity index (χ0v) is 10.2. The smallest absolute Gasteiger partial charge is 0.230 e. The monoisotopic (exact) mass is 221 g/mol. The molecule has 0 aliphatic carbocycles. The lowest BCUT2D eigenvalue weighted by atomic mass is 10.0. The highest BCUT2D eigenvalue weighted by Crippen LogP contribution is 2.20. The number of aromatic nitrogens is 3. The van der Waals surface area contributed by atoms with Gasteiger partial charge in [0, 0.05) is 20.1 Å². The molecule has 0 aromatic carbocycles. The molecule has 5 heteroatoms. The highest BCUT2D eigenvalue weighted by Gasteiger charge is 2.19. The highest BCUT2D eigenvalue weighted by atomic mass is 15.3. The first kappa shape index (κ1) is 11.1. The van der Waals surface area contributed by atoms with Gasteiger partial charge in [0.05, 0.1) is 0 Å². The van der Waals surface area contributed by atoms with Gasteiger partial charge in [-0.15, -0.1) is 0 Å². The Kier molecular flexibility index (Phi) is 3.22. The van der Waals surface area contributed by atoms with Gasteiger partial charge in [-0.2, -0.15) is 15.0 Å². The summed E-state index contributed by atoms with van der Waals surface area (Å²) in [6.45, 7) is 6.28. The maximum atomic E-state index is 4.40. The molecule has 1 atom stereocenters. The summed E-state index contributed by atoms with van der Waals surface area (Å²) in [5.41, 5.74) is 0. The van der Waals surface area contributed by atoms with Gasteiger partial charge in [-0.05, 0) is 25.7 Å². The van der Waals surface area contributed by atoms with Crippen molar-refractivity contribution in [3.05, 3.63) is 5.82 Å². The molecule has 1 fully saturated rings. The number of hydrogen-bond donors (Lipinski definition) is 1. The van der Waals surface area contributed by atoms with E-state index in [1.165, 1.54) is 12.8 Å². The molecule has 1 unspecified atom stereocenters. The molecule has 2 rings (SSSR count). The van der Waals surface area contributed by atoms with Gasteiger partial charge in [-0.3, -0.25) is 0 Å². The van der Waals surface area contributed by atoms with Crippen LogP contribution < -0.4 is 10.2 Å². The van der Waals surface area contributed by atoms with E-state index in [4.69, 9.17) is 0 Å². The third-order valence-corrected chi connectivity index (χ3v) is 2.90.